The number of ether oxygens (including phenoxy) is 3. The quantitative estimate of drug-likeness (QED) is 0.752. The fourth-order valence-electron chi connectivity index (χ4n) is 4.66. The molecule has 4 heterocycles. The number of pyridine rings is 1. The van der Waals surface area contributed by atoms with Gasteiger partial charge in [-0.25, -0.2) is 0 Å². The number of benzene rings is 1. The molecule has 0 radical (unpaired) electrons. The number of fused-ring (bicyclic) bond motifs is 1. The molecular weight excluding hydrogens is 394 g/mol. The molecule has 2 saturated heterocycles. The zero-order valence-corrected chi connectivity index (χ0v) is 18.0. The summed E-state index contributed by atoms with van der Waals surface area (Å²) >= 11 is 0. The Morgan fingerprint density at radius 3 is 2.81 bits per heavy atom. The lowest BCUT2D eigenvalue weighted by atomic mass is 9.99. The van der Waals surface area contributed by atoms with Crippen LogP contribution in [0.1, 0.15) is 25.0 Å². The molecule has 0 aliphatic carbocycles. The lowest BCUT2D eigenvalue weighted by Crippen LogP contribution is -2.38. The summed E-state index contributed by atoms with van der Waals surface area (Å²) < 4.78 is 17.6. The highest BCUT2D eigenvalue weighted by atomic mass is 16.5. The van der Waals surface area contributed by atoms with Gasteiger partial charge in [-0.1, -0.05) is 0 Å². The Kier molecular flexibility index (Phi) is 5.68. The molecule has 1 unspecified atom stereocenters. The zero-order valence-electron chi connectivity index (χ0n) is 18.0. The molecule has 164 valence electrons. The Balaban J connectivity index is 1.28. The Bertz CT molecular complexity index is 944. The number of carbonyl (C=O) groups excluding carboxylic acids is 1. The van der Waals surface area contributed by atoms with E-state index >= 15 is 0 Å². The minimum atomic E-state index is 0.0166. The minimum absolute atomic E-state index is 0.0166. The van der Waals surface area contributed by atoms with E-state index in [1.165, 1.54) is 0 Å². The van der Waals surface area contributed by atoms with E-state index in [1.807, 2.05) is 42.3 Å². The molecule has 1 aromatic carbocycles. The van der Waals surface area contributed by atoms with Crippen LogP contribution in [0.2, 0.25) is 0 Å². The van der Waals surface area contributed by atoms with E-state index < -0.39 is 0 Å². The number of rotatable bonds is 4. The smallest absolute Gasteiger partial charge is 0.225 e. The van der Waals surface area contributed by atoms with E-state index in [1.54, 1.807) is 0 Å². The van der Waals surface area contributed by atoms with Gasteiger partial charge in [0, 0.05) is 55.7 Å². The second kappa shape index (κ2) is 8.75. The van der Waals surface area contributed by atoms with Crippen molar-refractivity contribution in [2.45, 2.75) is 32.3 Å². The summed E-state index contributed by atoms with van der Waals surface area (Å²) in [5.74, 6) is 2.03. The van der Waals surface area contributed by atoms with E-state index in [-0.39, 0.29) is 17.9 Å². The van der Waals surface area contributed by atoms with Crippen LogP contribution in [0, 0.1) is 12.8 Å². The van der Waals surface area contributed by atoms with Gasteiger partial charge in [0.25, 0.3) is 0 Å². The molecule has 1 aromatic heterocycles. The normalized spacial score (nSPS) is 21.5. The number of nitrogens with zero attached hydrogens (tertiary/aromatic N) is 3. The number of aryl methyl sites for hydroxylation is 1. The second-order valence-corrected chi connectivity index (χ2v) is 8.48. The number of likely N-dealkylation sites (tertiary alicyclic amines) is 1. The molecule has 3 aliphatic heterocycles. The van der Waals surface area contributed by atoms with Crippen LogP contribution in [0.15, 0.2) is 36.5 Å². The Morgan fingerprint density at radius 2 is 1.97 bits per heavy atom. The summed E-state index contributed by atoms with van der Waals surface area (Å²) in [6, 6.07) is 10.1. The molecule has 3 aliphatic rings. The molecule has 7 heteroatoms. The third kappa shape index (κ3) is 4.32. The van der Waals surface area contributed by atoms with Crippen molar-refractivity contribution in [3.63, 3.8) is 0 Å². The average molecular weight is 424 g/mol. The number of carbonyl (C=O) groups is 1. The van der Waals surface area contributed by atoms with Gasteiger partial charge in [-0.15, -0.1) is 0 Å². The van der Waals surface area contributed by atoms with Gasteiger partial charge < -0.3 is 24.0 Å². The van der Waals surface area contributed by atoms with Crippen molar-refractivity contribution in [1.82, 2.24) is 9.88 Å². The first-order valence-corrected chi connectivity index (χ1v) is 11.2. The van der Waals surface area contributed by atoms with Crippen LogP contribution in [0.4, 0.5) is 11.4 Å². The highest BCUT2D eigenvalue weighted by Crippen LogP contribution is 2.39. The number of anilines is 2. The first kappa shape index (κ1) is 20.1. The predicted octanol–water partition coefficient (Wildman–Crippen LogP) is 3.33. The van der Waals surface area contributed by atoms with Crippen LogP contribution in [-0.4, -0.2) is 61.3 Å². The fraction of sp³-hybridized carbons (Fsp3) is 0.500. The average Bonchev–Trinajstić information content (AvgIpc) is 3.27. The van der Waals surface area contributed by atoms with Gasteiger partial charge in [0.05, 0.1) is 18.8 Å². The molecule has 31 heavy (non-hydrogen) atoms. The van der Waals surface area contributed by atoms with Crippen molar-refractivity contribution in [2.75, 3.05) is 44.4 Å². The molecule has 0 spiro atoms. The van der Waals surface area contributed by atoms with Gasteiger partial charge >= 0.3 is 0 Å². The van der Waals surface area contributed by atoms with Crippen molar-refractivity contribution in [1.29, 1.82) is 0 Å². The topological polar surface area (TPSA) is 64.1 Å². The van der Waals surface area contributed by atoms with Crippen LogP contribution in [0.5, 0.6) is 11.5 Å². The number of aromatic nitrogens is 1. The molecule has 1 atom stereocenters. The summed E-state index contributed by atoms with van der Waals surface area (Å²) in [4.78, 5) is 21.3. The minimum Gasteiger partial charge on any atom is -0.490 e. The van der Waals surface area contributed by atoms with Gasteiger partial charge in [-0.3, -0.25) is 9.78 Å². The summed E-state index contributed by atoms with van der Waals surface area (Å²) in [6.07, 6.45) is 4.37. The van der Waals surface area contributed by atoms with Crippen LogP contribution in [0.25, 0.3) is 0 Å². The van der Waals surface area contributed by atoms with E-state index in [4.69, 9.17) is 14.2 Å². The van der Waals surface area contributed by atoms with Crippen molar-refractivity contribution < 1.29 is 19.0 Å². The fourth-order valence-corrected chi connectivity index (χ4v) is 4.66. The van der Waals surface area contributed by atoms with Gasteiger partial charge in [0.1, 0.15) is 24.2 Å². The predicted molar refractivity (Wildman–Crippen MR) is 117 cm³/mol. The Morgan fingerprint density at radius 1 is 1.10 bits per heavy atom. The molecule has 0 bridgehead atoms. The standard InChI is InChI=1S/C24H29N3O4/c1-17-14-19(4-8-25-17)27-10-13-30-23-3-2-20(15-22(23)27)31-21-5-9-26(16-21)24(28)18-6-11-29-12-7-18/h2-4,8,14-15,18,21H,5-7,9-13,16H2,1H3. The first-order valence-electron chi connectivity index (χ1n) is 11.2. The van der Waals surface area contributed by atoms with Crippen molar-refractivity contribution in [3.8, 4) is 11.5 Å². The number of amides is 1. The number of hydrogen-bond donors (Lipinski definition) is 0. The van der Waals surface area contributed by atoms with Crippen molar-refractivity contribution in [2.24, 2.45) is 5.92 Å². The lowest BCUT2D eigenvalue weighted by molar-refractivity contribution is -0.137. The molecule has 1 amide bonds. The Hall–Kier alpha value is -2.80. The molecule has 7 nitrogen and oxygen atoms in total. The van der Waals surface area contributed by atoms with E-state index in [9.17, 15) is 4.79 Å². The van der Waals surface area contributed by atoms with Crippen LogP contribution in [0.3, 0.4) is 0 Å². The van der Waals surface area contributed by atoms with Gasteiger partial charge in [0.2, 0.25) is 5.91 Å². The van der Waals surface area contributed by atoms with Gasteiger partial charge in [-0.05, 0) is 44.0 Å². The lowest BCUT2D eigenvalue weighted by Gasteiger charge is -2.32. The molecule has 2 aromatic rings. The summed E-state index contributed by atoms with van der Waals surface area (Å²) in [6.45, 7) is 6.20. The largest absolute Gasteiger partial charge is 0.490 e. The second-order valence-electron chi connectivity index (χ2n) is 8.48. The maximum Gasteiger partial charge on any atom is 0.225 e. The SMILES string of the molecule is Cc1cc(N2CCOc3ccc(OC4CCN(C(=O)C5CCOCC5)C4)cc32)ccn1. The highest BCUT2D eigenvalue weighted by molar-refractivity contribution is 5.79. The van der Waals surface area contributed by atoms with Crippen molar-refractivity contribution in [3.05, 3.63) is 42.2 Å². The molecule has 0 N–H and O–H groups in total. The third-order valence-electron chi connectivity index (χ3n) is 6.32. The maximum absolute atomic E-state index is 12.8. The summed E-state index contributed by atoms with van der Waals surface area (Å²) in [5.41, 5.74) is 3.09. The van der Waals surface area contributed by atoms with Crippen LogP contribution >= 0.6 is 0 Å². The summed E-state index contributed by atoms with van der Waals surface area (Å²) in [7, 11) is 0. The van der Waals surface area contributed by atoms with Crippen LogP contribution in [-0.2, 0) is 9.53 Å². The van der Waals surface area contributed by atoms with E-state index in [0.717, 1.165) is 60.9 Å². The molecule has 5 rings (SSSR count). The van der Waals surface area contributed by atoms with Crippen molar-refractivity contribution >= 4 is 17.3 Å². The highest BCUT2D eigenvalue weighted by Gasteiger charge is 2.33. The van der Waals surface area contributed by atoms with Gasteiger partial charge in [-0.2, -0.15) is 0 Å². The van der Waals surface area contributed by atoms with E-state index in [0.29, 0.717) is 26.4 Å². The number of hydrogen-bond acceptors (Lipinski definition) is 6. The maximum atomic E-state index is 12.8. The third-order valence-corrected chi connectivity index (χ3v) is 6.32. The monoisotopic (exact) mass is 423 g/mol. The van der Waals surface area contributed by atoms with Gasteiger partial charge in [0.15, 0.2) is 0 Å². The van der Waals surface area contributed by atoms with E-state index in [2.05, 4.69) is 16.0 Å². The zero-order chi connectivity index (χ0) is 21.2. The molecule has 0 saturated carbocycles. The molecule has 2 fully saturated rings. The first-order chi connectivity index (χ1) is 15.2. The Labute approximate surface area is 182 Å². The molecular formula is C24H29N3O4. The van der Waals surface area contributed by atoms with Crippen LogP contribution < -0.4 is 14.4 Å². The summed E-state index contributed by atoms with van der Waals surface area (Å²) in [5, 5.41) is 0.